The summed E-state index contributed by atoms with van der Waals surface area (Å²) < 4.78 is 45.5. The van der Waals surface area contributed by atoms with Gasteiger partial charge in [-0.2, -0.15) is 0 Å². The second-order valence-electron chi connectivity index (χ2n) is 7.61. The number of rotatable bonds is 7. The van der Waals surface area contributed by atoms with Crippen LogP contribution in [0, 0.1) is 17.1 Å². The summed E-state index contributed by atoms with van der Waals surface area (Å²) >= 11 is 0. The van der Waals surface area contributed by atoms with E-state index in [-0.39, 0.29) is 29.7 Å². The maximum Gasteiger partial charge on any atom is 0.165 e. The minimum atomic E-state index is -3.66. The number of unbranched alkanes of at least 4 members (excludes halogenated alkanes) is 1. The van der Waals surface area contributed by atoms with Gasteiger partial charge in [-0.25, -0.2) is 12.8 Å². The summed E-state index contributed by atoms with van der Waals surface area (Å²) in [6, 6.07) is 6.14. The van der Waals surface area contributed by atoms with E-state index in [9.17, 15) is 12.8 Å². The van der Waals surface area contributed by atoms with Crippen LogP contribution in [0.4, 0.5) is 4.39 Å². The third kappa shape index (κ3) is 3.16. The molecule has 1 aromatic rings. The quantitative estimate of drug-likeness (QED) is 0.711. The van der Waals surface area contributed by atoms with Gasteiger partial charge in [0.05, 0.1) is 12.4 Å². The number of hydrogen-bond acceptors (Lipinski definition) is 4. The normalized spacial score (nSPS) is 30.8. The summed E-state index contributed by atoms with van der Waals surface area (Å²) in [6.45, 7) is 4.15. The van der Waals surface area contributed by atoms with E-state index in [0.717, 1.165) is 25.7 Å². The van der Waals surface area contributed by atoms with Crippen molar-refractivity contribution >= 4 is 15.7 Å². The lowest BCUT2D eigenvalue weighted by atomic mass is 9.89. The average Bonchev–Trinajstić information content (AvgIpc) is 3.42. The van der Waals surface area contributed by atoms with Gasteiger partial charge in [-0.3, -0.25) is 5.41 Å². The Morgan fingerprint density at radius 2 is 2.04 bits per heavy atom. The zero-order valence-electron chi connectivity index (χ0n) is 15.3. The van der Waals surface area contributed by atoms with Crippen LogP contribution in [0.3, 0.4) is 0 Å². The van der Waals surface area contributed by atoms with Crippen molar-refractivity contribution < 1.29 is 17.5 Å². The molecule has 26 heavy (non-hydrogen) atoms. The van der Waals surface area contributed by atoms with Crippen LogP contribution in [0.15, 0.2) is 24.3 Å². The van der Waals surface area contributed by atoms with Gasteiger partial charge >= 0.3 is 0 Å². The number of ether oxygens (including phenoxy) is 1. The Bertz CT molecular complexity index is 794. The van der Waals surface area contributed by atoms with Crippen LogP contribution in [0.5, 0.6) is 0 Å². The molecule has 0 aromatic heterocycles. The molecule has 2 atom stereocenters. The van der Waals surface area contributed by atoms with E-state index in [0.29, 0.717) is 6.61 Å². The maximum atomic E-state index is 14.6. The molecule has 1 unspecified atom stereocenters. The first-order chi connectivity index (χ1) is 12.3. The molecule has 2 aliphatic rings. The molecule has 0 radical (unpaired) electrons. The average molecular weight is 383 g/mol. The second-order valence-corrected chi connectivity index (χ2v) is 9.97. The molecule has 1 aromatic carbocycles. The number of nitrogens with one attached hydrogen (secondary N) is 2. The van der Waals surface area contributed by atoms with Gasteiger partial charge in [0.1, 0.15) is 21.9 Å². The minimum Gasteiger partial charge on any atom is -0.379 e. The summed E-state index contributed by atoms with van der Waals surface area (Å²) in [6.07, 6.45) is 3.41. The topological polar surface area (TPSA) is 79.2 Å². The van der Waals surface area contributed by atoms with Crippen LogP contribution in [0.25, 0.3) is 0 Å². The molecule has 0 spiro atoms. The van der Waals surface area contributed by atoms with Crippen molar-refractivity contribution in [3.05, 3.63) is 35.6 Å². The lowest BCUT2D eigenvalue weighted by Gasteiger charge is -2.46. The molecule has 2 fully saturated rings. The number of sulfone groups is 1. The zero-order valence-corrected chi connectivity index (χ0v) is 16.2. The van der Waals surface area contributed by atoms with Gasteiger partial charge in [0, 0.05) is 12.2 Å². The van der Waals surface area contributed by atoms with Crippen molar-refractivity contribution in [3.63, 3.8) is 0 Å². The number of halogens is 1. The van der Waals surface area contributed by atoms with Crippen molar-refractivity contribution in [3.8, 4) is 0 Å². The lowest BCUT2D eigenvalue weighted by Crippen LogP contribution is -2.68. The van der Waals surface area contributed by atoms with E-state index in [2.05, 4.69) is 5.32 Å². The van der Waals surface area contributed by atoms with Crippen LogP contribution in [-0.2, 0) is 20.1 Å². The molecule has 1 heterocycles. The van der Waals surface area contributed by atoms with Gasteiger partial charge in [0.15, 0.2) is 9.84 Å². The first-order valence-corrected chi connectivity index (χ1v) is 10.8. The SMILES string of the molecule is CCCCOC[C@@]1(c2ccccc2F)CS(=O)(=O)C(C)(C2CC2)C(=N)N1. The van der Waals surface area contributed by atoms with Crippen molar-refractivity contribution in [1.82, 2.24) is 5.32 Å². The predicted molar refractivity (Wildman–Crippen MR) is 99.6 cm³/mol. The zero-order chi connectivity index (χ0) is 19.0. The van der Waals surface area contributed by atoms with Gasteiger partial charge in [-0.1, -0.05) is 31.5 Å². The molecule has 1 aliphatic carbocycles. The van der Waals surface area contributed by atoms with Crippen LogP contribution in [0.2, 0.25) is 0 Å². The predicted octanol–water partition coefficient (Wildman–Crippen LogP) is 3.00. The summed E-state index contributed by atoms with van der Waals surface area (Å²) in [7, 11) is -3.66. The second kappa shape index (κ2) is 6.93. The largest absolute Gasteiger partial charge is 0.379 e. The van der Waals surface area contributed by atoms with Crippen LogP contribution >= 0.6 is 0 Å². The van der Waals surface area contributed by atoms with Gasteiger partial charge in [0.2, 0.25) is 0 Å². The summed E-state index contributed by atoms with van der Waals surface area (Å²) in [5.74, 6) is -0.847. The molecule has 0 amide bonds. The fourth-order valence-corrected chi connectivity index (χ4v) is 6.13. The van der Waals surface area contributed by atoms with Crippen molar-refractivity contribution in [2.45, 2.75) is 49.8 Å². The Kier molecular flexibility index (Phi) is 5.14. The Labute approximate surface area is 154 Å². The third-order valence-electron chi connectivity index (χ3n) is 5.68. The summed E-state index contributed by atoms with van der Waals surface area (Å²) in [5, 5.41) is 11.6. The van der Waals surface area contributed by atoms with Gasteiger partial charge in [-0.15, -0.1) is 0 Å². The van der Waals surface area contributed by atoms with Crippen molar-refractivity contribution in [1.29, 1.82) is 5.41 Å². The third-order valence-corrected chi connectivity index (χ3v) is 8.38. The van der Waals surface area contributed by atoms with Crippen LogP contribution in [0.1, 0.15) is 45.1 Å². The van der Waals surface area contributed by atoms with Gasteiger partial charge in [-0.05, 0) is 38.2 Å². The molecule has 1 saturated carbocycles. The van der Waals surface area contributed by atoms with E-state index < -0.39 is 25.9 Å². The molecule has 7 heteroatoms. The highest BCUT2D eigenvalue weighted by atomic mass is 32.2. The molecule has 1 aliphatic heterocycles. The first kappa shape index (κ1) is 19.3. The van der Waals surface area contributed by atoms with E-state index in [1.165, 1.54) is 6.07 Å². The van der Waals surface area contributed by atoms with Crippen molar-refractivity contribution in [2.24, 2.45) is 5.92 Å². The monoisotopic (exact) mass is 382 g/mol. The summed E-state index contributed by atoms with van der Waals surface area (Å²) in [4.78, 5) is 0. The van der Waals surface area contributed by atoms with Crippen molar-refractivity contribution in [2.75, 3.05) is 19.0 Å². The number of hydrogen-bond donors (Lipinski definition) is 2. The Balaban J connectivity index is 2.00. The molecule has 2 N–H and O–H groups in total. The molecule has 144 valence electrons. The van der Waals surface area contributed by atoms with E-state index in [1.54, 1.807) is 25.1 Å². The Hall–Kier alpha value is -1.47. The molecule has 0 bridgehead atoms. The van der Waals surface area contributed by atoms with Gasteiger partial charge < -0.3 is 10.1 Å². The Morgan fingerprint density at radius 3 is 2.62 bits per heavy atom. The molecule has 1 saturated heterocycles. The molecule has 3 rings (SSSR count). The Morgan fingerprint density at radius 1 is 1.35 bits per heavy atom. The molecular formula is C19H27FN2O3S. The highest BCUT2D eigenvalue weighted by Gasteiger charge is 2.61. The standard InChI is InChI=1S/C19H27FN2O3S/c1-3-4-11-25-12-19(15-7-5-6-8-16(15)20)13-26(23,24)18(2,14-9-10-14)17(21)22-19/h5-8,14H,3-4,9-13H2,1-2H3,(H2,21,22)/t18?,19-/m0/s1. The van der Waals surface area contributed by atoms with Gasteiger partial charge in [0.25, 0.3) is 0 Å². The number of amidine groups is 1. The minimum absolute atomic E-state index is 0.0102. The van der Waals surface area contributed by atoms with E-state index in [4.69, 9.17) is 10.1 Å². The summed E-state index contributed by atoms with van der Waals surface area (Å²) in [5.41, 5.74) is -1.04. The first-order valence-electron chi connectivity index (χ1n) is 9.19. The highest BCUT2D eigenvalue weighted by molar-refractivity contribution is 7.93. The molecular weight excluding hydrogens is 355 g/mol. The van der Waals surface area contributed by atoms with Crippen LogP contribution in [-0.4, -0.2) is 38.0 Å². The smallest absolute Gasteiger partial charge is 0.165 e. The fraction of sp³-hybridized carbons (Fsp3) is 0.632. The van der Waals surface area contributed by atoms with E-state index in [1.807, 2.05) is 6.92 Å². The number of benzene rings is 1. The highest BCUT2D eigenvalue weighted by Crippen LogP contribution is 2.48. The fourth-order valence-electron chi connectivity index (χ4n) is 3.76. The lowest BCUT2D eigenvalue weighted by molar-refractivity contribution is 0.0781. The maximum absolute atomic E-state index is 14.6. The van der Waals surface area contributed by atoms with Crippen LogP contribution < -0.4 is 5.32 Å². The molecule has 5 nitrogen and oxygen atoms in total. The van der Waals surface area contributed by atoms with E-state index >= 15 is 0 Å².